The third-order valence-electron chi connectivity index (χ3n) is 8.54. The number of nitrogens with zero attached hydrogens (tertiary/aromatic N) is 1. The van der Waals surface area contributed by atoms with E-state index in [4.69, 9.17) is 16.6 Å². The first-order valence-corrected chi connectivity index (χ1v) is 9.41. The lowest BCUT2D eigenvalue weighted by Crippen LogP contribution is -2.65. The summed E-state index contributed by atoms with van der Waals surface area (Å²) in [6, 6.07) is 13.3. The number of rotatable bonds is 0. The monoisotopic (exact) mass is 319 g/mol. The standard InChI is InChI=1S/C21H18ClN/c22-18-6-5-15-14-3-1-2-4-16(14)21(19(15)23-18)13-8-11-7-12-9-17(21)20(11,12)10-13/h1-6,11-13,17H,7-10H2. The van der Waals surface area contributed by atoms with Crippen molar-refractivity contribution in [1.29, 1.82) is 0 Å². The molecule has 2 bridgehead atoms. The molecule has 6 atom stereocenters. The fourth-order valence-electron chi connectivity index (χ4n) is 8.01. The minimum Gasteiger partial charge on any atom is -0.240 e. The van der Waals surface area contributed by atoms with Crippen molar-refractivity contribution >= 4 is 11.6 Å². The second kappa shape index (κ2) is 3.37. The molecule has 0 radical (unpaired) electrons. The van der Waals surface area contributed by atoms with Gasteiger partial charge < -0.3 is 0 Å². The van der Waals surface area contributed by atoms with Crippen LogP contribution in [0, 0.1) is 29.1 Å². The van der Waals surface area contributed by atoms with Gasteiger partial charge in [-0.1, -0.05) is 35.9 Å². The molecular formula is C21H18ClN. The van der Waals surface area contributed by atoms with Crippen LogP contribution in [0.5, 0.6) is 0 Å². The Labute approximate surface area is 141 Å². The van der Waals surface area contributed by atoms with Gasteiger partial charge in [0.05, 0.1) is 5.69 Å². The summed E-state index contributed by atoms with van der Waals surface area (Å²) in [6.07, 6.45) is 5.82. The van der Waals surface area contributed by atoms with Gasteiger partial charge in [-0.3, -0.25) is 0 Å². The fourth-order valence-corrected chi connectivity index (χ4v) is 8.16. The molecule has 1 nitrogen and oxygen atoms in total. The van der Waals surface area contributed by atoms with E-state index in [1.165, 1.54) is 42.5 Å². The Morgan fingerprint density at radius 3 is 2.61 bits per heavy atom. The van der Waals surface area contributed by atoms with Crippen LogP contribution in [0.1, 0.15) is 36.9 Å². The van der Waals surface area contributed by atoms with Crippen LogP contribution >= 0.6 is 11.6 Å². The minimum atomic E-state index is 0.185. The molecule has 23 heavy (non-hydrogen) atoms. The molecule has 4 fully saturated rings. The molecular weight excluding hydrogens is 302 g/mol. The third-order valence-corrected chi connectivity index (χ3v) is 8.75. The van der Waals surface area contributed by atoms with Crippen LogP contribution < -0.4 is 0 Å². The van der Waals surface area contributed by atoms with Crippen molar-refractivity contribution in [2.24, 2.45) is 29.1 Å². The van der Waals surface area contributed by atoms with Crippen molar-refractivity contribution in [1.82, 2.24) is 4.98 Å². The molecule has 5 aliphatic carbocycles. The molecule has 2 aromatic rings. The molecule has 4 saturated carbocycles. The number of halogens is 1. The van der Waals surface area contributed by atoms with E-state index in [0.29, 0.717) is 10.6 Å². The van der Waals surface area contributed by atoms with Crippen LogP contribution in [0.15, 0.2) is 36.4 Å². The molecule has 6 unspecified atom stereocenters. The molecule has 1 aromatic carbocycles. The highest BCUT2D eigenvalue weighted by atomic mass is 35.5. The van der Waals surface area contributed by atoms with Crippen molar-refractivity contribution in [3.05, 3.63) is 52.8 Å². The summed E-state index contributed by atoms with van der Waals surface area (Å²) in [4.78, 5) is 4.94. The van der Waals surface area contributed by atoms with Crippen molar-refractivity contribution in [2.75, 3.05) is 0 Å². The maximum absolute atomic E-state index is 6.36. The first-order chi connectivity index (χ1) is 11.3. The van der Waals surface area contributed by atoms with Crippen LogP contribution in [0.25, 0.3) is 11.1 Å². The normalized spacial score (nSPS) is 46.1. The van der Waals surface area contributed by atoms with Gasteiger partial charge in [-0.05, 0) is 78.0 Å². The summed E-state index contributed by atoms with van der Waals surface area (Å²) < 4.78 is 0. The van der Waals surface area contributed by atoms with E-state index < -0.39 is 0 Å². The van der Waals surface area contributed by atoms with Crippen LogP contribution in [-0.2, 0) is 5.41 Å². The van der Waals surface area contributed by atoms with Crippen molar-refractivity contribution < 1.29 is 0 Å². The molecule has 2 spiro atoms. The smallest absolute Gasteiger partial charge is 0.129 e. The summed E-state index contributed by atoms with van der Waals surface area (Å²) in [5.74, 6) is 3.67. The van der Waals surface area contributed by atoms with E-state index in [-0.39, 0.29) is 5.41 Å². The van der Waals surface area contributed by atoms with E-state index in [1.807, 2.05) is 6.07 Å². The predicted molar refractivity (Wildman–Crippen MR) is 90.3 cm³/mol. The van der Waals surface area contributed by atoms with Gasteiger partial charge in [-0.15, -0.1) is 0 Å². The Morgan fingerprint density at radius 2 is 1.74 bits per heavy atom. The van der Waals surface area contributed by atoms with Gasteiger partial charge in [-0.25, -0.2) is 4.98 Å². The highest BCUT2D eigenvalue weighted by Crippen LogP contribution is 2.87. The molecule has 1 aromatic heterocycles. The van der Waals surface area contributed by atoms with Gasteiger partial charge in [-0.2, -0.15) is 0 Å². The van der Waals surface area contributed by atoms with Gasteiger partial charge in [0.2, 0.25) is 0 Å². The zero-order chi connectivity index (χ0) is 15.0. The quantitative estimate of drug-likeness (QED) is 0.618. The Hall–Kier alpha value is -1.34. The zero-order valence-corrected chi connectivity index (χ0v) is 13.7. The van der Waals surface area contributed by atoms with Gasteiger partial charge in [0.25, 0.3) is 0 Å². The van der Waals surface area contributed by atoms with Crippen LogP contribution in [0.2, 0.25) is 5.15 Å². The zero-order valence-electron chi connectivity index (χ0n) is 12.9. The van der Waals surface area contributed by atoms with Crippen molar-refractivity contribution in [2.45, 2.75) is 31.1 Å². The van der Waals surface area contributed by atoms with Crippen LogP contribution in [0.4, 0.5) is 0 Å². The third kappa shape index (κ3) is 0.980. The van der Waals surface area contributed by atoms with Gasteiger partial charge in [0, 0.05) is 11.0 Å². The van der Waals surface area contributed by atoms with E-state index in [2.05, 4.69) is 30.3 Å². The maximum atomic E-state index is 6.36. The number of hydrogen-bond acceptors (Lipinski definition) is 1. The molecule has 5 aliphatic rings. The Bertz CT molecular complexity index is 904. The van der Waals surface area contributed by atoms with Gasteiger partial charge in [0.15, 0.2) is 0 Å². The molecule has 1 heterocycles. The van der Waals surface area contributed by atoms with E-state index in [9.17, 15) is 0 Å². The summed E-state index contributed by atoms with van der Waals surface area (Å²) >= 11 is 6.36. The molecule has 0 amide bonds. The first kappa shape index (κ1) is 12.1. The molecule has 7 rings (SSSR count). The lowest BCUT2D eigenvalue weighted by atomic mass is 9.34. The van der Waals surface area contributed by atoms with Crippen LogP contribution in [-0.4, -0.2) is 4.98 Å². The van der Waals surface area contributed by atoms with Crippen LogP contribution in [0.3, 0.4) is 0 Å². The number of fused-ring (bicyclic) bond motifs is 8. The summed E-state index contributed by atoms with van der Waals surface area (Å²) in [5, 5.41) is 0.664. The summed E-state index contributed by atoms with van der Waals surface area (Å²) in [5.41, 5.74) is 6.54. The van der Waals surface area contributed by atoms with E-state index in [1.54, 1.807) is 5.56 Å². The van der Waals surface area contributed by atoms with Gasteiger partial charge in [0.1, 0.15) is 5.15 Å². The molecule has 0 N–H and O–H groups in total. The fraction of sp³-hybridized carbons (Fsp3) is 0.476. The Balaban J connectivity index is 1.59. The minimum absolute atomic E-state index is 0.185. The molecule has 114 valence electrons. The number of hydrogen-bond donors (Lipinski definition) is 0. The second-order valence-corrected chi connectivity index (χ2v) is 9.00. The van der Waals surface area contributed by atoms with Crippen molar-refractivity contribution in [3.8, 4) is 11.1 Å². The average molecular weight is 320 g/mol. The maximum Gasteiger partial charge on any atom is 0.129 e. The van der Waals surface area contributed by atoms with Crippen molar-refractivity contribution in [3.63, 3.8) is 0 Å². The average Bonchev–Trinajstić information content (AvgIpc) is 3.13. The lowest BCUT2D eigenvalue weighted by molar-refractivity contribution is -0.194. The SMILES string of the molecule is Clc1ccc2c(n1)C1(c3ccccc3-2)C2CC3CC4CC1C34C2. The summed E-state index contributed by atoms with van der Waals surface area (Å²) in [7, 11) is 0. The van der Waals surface area contributed by atoms with E-state index in [0.717, 1.165) is 23.7 Å². The number of benzene rings is 1. The summed E-state index contributed by atoms with van der Waals surface area (Å²) in [6.45, 7) is 0. The highest BCUT2D eigenvalue weighted by Gasteiger charge is 2.82. The number of aromatic nitrogens is 1. The largest absolute Gasteiger partial charge is 0.240 e. The Kier molecular flexibility index (Phi) is 1.77. The topological polar surface area (TPSA) is 12.9 Å². The number of pyridine rings is 1. The van der Waals surface area contributed by atoms with E-state index >= 15 is 0 Å². The lowest BCUT2D eigenvalue weighted by Gasteiger charge is -2.70. The predicted octanol–water partition coefficient (Wildman–Crippen LogP) is 5.07. The molecule has 2 heteroatoms. The second-order valence-electron chi connectivity index (χ2n) is 8.61. The Morgan fingerprint density at radius 1 is 0.913 bits per heavy atom. The first-order valence-electron chi connectivity index (χ1n) is 9.03. The highest BCUT2D eigenvalue weighted by molar-refractivity contribution is 6.29. The van der Waals surface area contributed by atoms with Gasteiger partial charge >= 0.3 is 0 Å². The molecule has 0 aliphatic heterocycles. The molecule has 0 saturated heterocycles.